The summed E-state index contributed by atoms with van der Waals surface area (Å²) in [6.07, 6.45) is 1.48. The Balaban J connectivity index is 1.37. The molecule has 1 saturated heterocycles. The number of carbonyl (C=O) groups is 2. The summed E-state index contributed by atoms with van der Waals surface area (Å²) < 4.78 is 15.2. The van der Waals surface area contributed by atoms with Crippen LogP contribution in [0.5, 0.6) is 0 Å². The van der Waals surface area contributed by atoms with E-state index in [2.05, 4.69) is 10.3 Å². The van der Waals surface area contributed by atoms with Crippen LogP contribution in [0, 0.1) is 12.7 Å². The molecular weight excluding hydrogens is 385 g/mol. The van der Waals surface area contributed by atoms with E-state index in [4.69, 9.17) is 0 Å². The fourth-order valence-corrected chi connectivity index (χ4v) is 3.40. The van der Waals surface area contributed by atoms with E-state index in [1.54, 1.807) is 23.1 Å². The monoisotopic (exact) mass is 407 g/mol. The number of nitrogens with zero attached hydrogens (tertiary/aromatic N) is 5. The highest BCUT2D eigenvalue weighted by Gasteiger charge is 2.29. The molecule has 0 bridgehead atoms. The van der Waals surface area contributed by atoms with E-state index in [9.17, 15) is 14.0 Å². The molecule has 0 atom stereocenters. The lowest BCUT2D eigenvalue weighted by atomic mass is 10.1. The van der Waals surface area contributed by atoms with Gasteiger partial charge in [-0.15, -0.1) is 5.10 Å². The number of hydrogen-bond acceptors (Lipinski definition) is 4. The van der Waals surface area contributed by atoms with Gasteiger partial charge in [0.2, 0.25) is 5.91 Å². The number of piperazine rings is 1. The van der Waals surface area contributed by atoms with Crippen LogP contribution in [0.2, 0.25) is 0 Å². The summed E-state index contributed by atoms with van der Waals surface area (Å²) in [6.45, 7) is 3.62. The van der Waals surface area contributed by atoms with Gasteiger partial charge in [-0.1, -0.05) is 53.2 Å². The van der Waals surface area contributed by atoms with Gasteiger partial charge in [-0.25, -0.2) is 9.07 Å². The van der Waals surface area contributed by atoms with Gasteiger partial charge in [0, 0.05) is 25.2 Å². The summed E-state index contributed by atoms with van der Waals surface area (Å²) in [5.74, 6) is -0.789. The molecule has 1 aliphatic rings. The molecule has 0 saturated carbocycles. The van der Waals surface area contributed by atoms with Crippen molar-refractivity contribution in [2.45, 2.75) is 20.0 Å². The summed E-state index contributed by atoms with van der Waals surface area (Å²) in [6, 6.07) is 14.4. The summed E-state index contributed by atoms with van der Waals surface area (Å²) in [5.41, 5.74) is 2.83. The van der Waals surface area contributed by atoms with Crippen molar-refractivity contribution in [1.82, 2.24) is 24.8 Å². The zero-order chi connectivity index (χ0) is 21.1. The molecule has 4 rings (SSSR count). The Kier molecular flexibility index (Phi) is 5.56. The maximum absolute atomic E-state index is 13.8. The van der Waals surface area contributed by atoms with Crippen LogP contribution >= 0.6 is 0 Å². The van der Waals surface area contributed by atoms with E-state index < -0.39 is 0 Å². The predicted octanol–water partition coefficient (Wildman–Crippen LogP) is 2.26. The average molecular weight is 407 g/mol. The van der Waals surface area contributed by atoms with Crippen molar-refractivity contribution in [1.29, 1.82) is 0 Å². The number of aryl methyl sites for hydroxylation is 1. The zero-order valence-corrected chi connectivity index (χ0v) is 16.7. The van der Waals surface area contributed by atoms with Crippen molar-refractivity contribution in [2.24, 2.45) is 0 Å². The standard InChI is InChI=1S/C22H22FN5O2/c1-16-6-8-17(9-7-16)12-26-10-11-27(15-21(26)29)22(30)20-14-28(25-24-20)13-18-4-2-3-5-19(18)23/h2-9,14H,10-13,15H2,1H3. The maximum Gasteiger partial charge on any atom is 0.276 e. The quantitative estimate of drug-likeness (QED) is 0.651. The summed E-state index contributed by atoms with van der Waals surface area (Å²) in [5, 5.41) is 7.83. The fourth-order valence-electron chi connectivity index (χ4n) is 3.40. The minimum atomic E-state index is -0.349. The third kappa shape index (κ3) is 4.37. The van der Waals surface area contributed by atoms with E-state index in [1.807, 2.05) is 31.2 Å². The topological polar surface area (TPSA) is 71.3 Å². The summed E-state index contributed by atoms with van der Waals surface area (Å²) in [7, 11) is 0. The van der Waals surface area contributed by atoms with Crippen molar-refractivity contribution in [2.75, 3.05) is 19.6 Å². The zero-order valence-electron chi connectivity index (χ0n) is 16.7. The first-order chi connectivity index (χ1) is 14.5. The molecule has 2 amide bonds. The SMILES string of the molecule is Cc1ccc(CN2CCN(C(=O)c3cn(Cc4ccccc4F)nn3)CC2=O)cc1. The van der Waals surface area contributed by atoms with Gasteiger partial charge in [-0.05, 0) is 18.6 Å². The van der Waals surface area contributed by atoms with Gasteiger partial charge >= 0.3 is 0 Å². The molecule has 0 N–H and O–H groups in total. The third-order valence-corrected chi connectivity index (χ3v) is 5.15. The van der Waals surface area contributed by atoms with Gasteiger partial charge in [0.25, 0.3) is 5.91 Å². The summed E-state index contributed by atoms with van der Waals surface area (Å²) in [4.78, 5) is 28.5. The molecule has 0 aliphatic carbocycles. The second kappa shape index (κ2) is 8.44. The first-order valence-corrected chi connectivity index (χ1v) is 9.76. The highest BCUT2D eigenvalue weighted by atomic mass is 19.1. The van der Waals surface area contributed by atoms with Crippen LogP contribution in [0.1, 0.15) is 27.2 Å². The van der Waals surface area contributed by atoms with Crippen molar-refractivity contribution in [3.8, 4) is 0 Å². The number of hydrogen-bond donors (Lipinski definition) is 0. The Morgan fingerprint density at radius 1 is 1.07 bits per heavy atom. The van der Waals surface area contributed by atoms with Crippen LogP contribution in [-0.4, -0.2) is 56.2 Å². The van der Waals surface area contributed by atoms with Crippen LogP contribution in [-0.2, 0) is 17.9 Å². The normalized spacial score (nSPS) is 14.3. The van der Waals surface area contributed by atoms with Gasteiger partial charge in [-0.2, -0.15) is 0 Å². The van der Waals surface area contributed by atoms with Crippen LogP contribution in [0.3, 0.4) is 0 Å². The molecule has 3 aromatic rings. The van der Waals surface area contributed by atoms with Gasteiger partial charge in [0.15, 0.2) is 5.69 Å². The van der Waals surface area contributed by atoms with Crippen LogP contribution in [0.4, 0.5) is 4.39 Å². The number of amides is 2. The summed E-state index contributed by atoms with van der Waals surface area (Å²) >= 11 is 0. The van der Waals surface area contributed by atoms with Crippen molar-refractivity contribution >= 4 is 11.8 Å². The molecule has 1 aliphatic heterocycles. The van der Waals surface area contributed by atoms with Gasteiger partial charge in [-0.3, -0.25) is 9.59 Å². The molecule has 0 spiro atoms. The molecule has 154 valence electrons. The van der Waals surface area contributed by atoms with Crippen molar-refractivity contribution < 1.29 is 14.0 Å². The lowest BCUT2D eigenvalue weighted by Gasteiger charge is -2.34. The Hall–Kier alpha value is -3.55. The fraction of sp³-hybridized carbons (Fsp3) is 0.273. The minimum Gasteiger partial charge on any atom is -0.335 e. The number of halogens is 1. The molecule has 1 aromatic heterocycles. The smallest absolute Gasteiger partial charge is 0.276 e. The van der Waals surface area contributed by atoms with Crippen molar-refractivity contribution in [3.63, 3.8) is 0 Å². The van der Waals surface area contributed by atoms with Crippen LogP contribution in [0.15, 0.2) is 54.7 Å². The van der Waals surface area contributed by atoms with E-state index in [0.29, 0.717) is 25.2 Å². The van der Waals surface area contributed by atoms with E-state index >= 15 is 0 Å². The van der Waals surface area contributed by atoms with Crippen molar-refractivity contribution in [3.05, 3.63) is 82.9 Å². The maximum atomic E-state index is 13.8. The third-order valence-electron chi connectivity index (χ3n) is 5.15. The minimum absolute atomic E-state index is 0.00483. The first-order valence-electron chi connectivity index (χ1n) is 9.76. The highest BCUT2D eigenvalue weighted by Crippen LogP contribution is 2.13. The van der Waals surface area contributed by atoms with Gasteiger partial charge in [0.1, 0.15) is 12.4 Å². The molecule has 30 heavy (non-hydrogen) atoms. The van der Waals surface area contributed by atoms with E-state index in [0.717, 1.165) is 5.56 Å². The molecule has 0 radical (unpaired) electrons. The second-order valence-corrected chi connectivity index (χ2v) is 7.42. The number of rotatable bonds is 5. The molecule has 7 nitrogen and oxygen atoms in total. The lowest BCUT2D eigenvalue weighted by molar-refractivity contribution is -0.135. The molecule has 2 aromatic carbocycles. The average Bonchev–Trinajstić information content (AvgIpc) is 3.21. The van der Waals surface area contributed by atoms with Gasteiger partial charge in [0.05, 0.1) is 12.7 Å². The van der Waals surface area contributed by atoms with Crippen LogP contribution < -0.4 is 0 Å². The molecule has 8 heteroatoms. The number of benzene rings is 2. The lowest BCUT2D eigenvalue weighted by Crippen LogP contribution is -2.51. The number of carbonyl (C=O) groups excluding carboxylic acids is 2. The Morgan fingerprint density at radius 3 is 2.57 bits per heavy atom. The molecular formula is C22H22FN5O2. The van der Waals surface area contributed by atoms with E-state index in [1.165, 1.54) is 27.4 Å². The van der Waals surface area contributed by atoms with Gasteiger partial charge < -0.3 is 9.80 Å². The highest BCUT2D eigenvalue weighted by molar-refractivity contribution is 5.95. The number of aromatic nitrogens is 3. The molecule has 0 unspecified atom stereocenters. The Labute approximate surface area is 173 Å². The molecule has 1 fully saturated rings. The largest absolute Gasteiger partial charge is 0.335 e. The first kappa shape index (κ1) is 19.8. The Morgan fingerprint density at radius 2 is 1.83 bits per heavy atom. The Bertz CT molecular complexity index is 1060. The predicted molar refractivity (Wildman–Crippen MR) is 108 cm³/mol. The molecule has 2 heterocycles. The van der Waals surface area contributed by atoms with Crippen LogP contribution in [0.25, 0.3) is 0 Å². The van der Waals surface area contributed by atoms with E-state index in [-0.39, 0.29) is 36.4 Å². The second-order valence-electron chi connectivity index (χ2n) is 7.42.